The molecule has 0 aliphatic carbocycles. The molecule has 15 heteroatoms. The van der Waals surface area contributed by atoms with Gasteiger partial charge in [0.05, 0.1) is 32.1 Å². The zero-order valence-corrected chi connectivity index (χ0v) is 34.4. The third kappa shape index (κ3) is 14.6. The van der Waals surface area contributed by atoms with E-state index in [2.05, 4.69) is 22.0 Å². The Morgan fingerprint density at radius 2 is 1.54 bits per heavy atom. The van der Waals surface area contributed by atoms with Crippen LogP contribution in [0.15, 0.2) is 53.8 Å². The number of phosphoric acid groups is 1. The molecule has 1 aliphatic rings. The number of anilines is 1. The van der Waals surface area contributed by atoms with Crippen molar-refractivity contribution in [3.8, 4) is 0 Å². The molecule has 4 rings (SSSR count). The number of hydrogen-bond donors (Lipinski definition) is 4. The van der Waals surface area contributed by atoms with Gasteiger partial charge in [-0.2, -0.15) is 5.10 Å². The number of aliphatic hydroxyl groups is 2. The maximum Gasteiger partial charge on any atom is 0.472 e. The molecule has 1 saturated heterocycles. The van der Waals surface area contributed by atoms with E-state index in [9.17, 15) is 19.7 Å². The predicted molar refractivity (Wildman–Crippen MR) is 217 cm³/mol. The molecule has 0 saturated carbocycles. The number of benzene rings is 1. The van der Waals surface area contributed by atoms with Gasteiger partial charge in [-0.1, -0.05) is 134 Å². The highest BCUT2D eigenvalue weighted by Crippen LogP contribution is 2.46. The van der Waals surface area contributed by atoms with Crippen LogP contribution in [0.5, 0.6) is 0 Å². The minimum absolute atomic E-state index is 0.167. The number of aliphatic imine (C=N–C) groups is 1. The SMILES string of the molecule is CCCCCCCCCCCCCCCCCCOC[C@H](COP(=O)(O)OC[C@H]1O[C@@](C=NC)(c2ccc3c(N)ncnn23)[C@H](O)[C@@H]1O)OCc1ccccc1. The van der Waals surface area contributed by atoms with E-state index in [-0.39, 0.29) is 25.6 Å². The number of nitrogen functional groups attached to an aromatic ring is 1. The second-order valence-electron chi connectivity index (χ2n) is 14.8. The van der Waals surface area contributed by atoms with E-state index < -0.39 is 44.4 Å². The fourth-order valence-corrected chi connectivity index (χ4v) is 7.85. The molecule has 6 atom stereocenters. The minimum atomic E-state index is -4.67. The first-order valence-corrected chi connectivity index (χ1v) is 22.1. The van der Waals surface area contributed by atoms with Gasteiger partial charge in [-0.25, -0.2) is 14.1 Å². The van der Waals surface area contributed by atoms with Crippen molar-refractivity contribution in [3.05, 3.63) is 60.0 Å². The lowest BCUT2D eigenvalue weighted by atomic mass is 9.92. The van der Waals surface area contributed by atoms with E-state index in [0.717, 1.165) is 18.4 Å². The number of aromatic nitrogens is 3. The summed E-state index contributed by atoms with van der Waals surface area (Å²) in [5.74, 6) is 0.206. The Hall–Kier alpha value is -2.78. The summed E-state index contributed by atoms with van der Waals surface area (Å²) in [7, 11) is -3.18. The standard InChI is InChI=1S/C41H66N5O9P/c1-3-4-5-6-7-8-9-10-11-12-13-14-15-16-17-21-26-51-28-34(52-27-33-22-19-18-20-23-33)29-53-56(49,50)54-30-36-38(47)39(48)41(55-36,31-43-2)37-25-24-35-40(42)44-32-45-46(35)37/h18-20,22-25,31-32,34,36,38-39,47-48H,3-17,21,26-30H2,1-2H3,(H,49,50)(H2,42,44,45)/t34-,36-,38-,39-,41+/m1/s1. The molecule has 3 heterocycles. The smallest absolute Gasteiger partial charge is 0.387 e. The number of nitrogens with zero attached hydrogens (tertiary/aromatic N) is 4. The van der Waals surface area contributed by atoms with E-state index in [1.165, 1.54) is 114 Å². The number of nitrogens with two attached hydrogens (primary N) is 1. The van der Waals surface area contributed by atoms with Crippen molar-refractivity contribution in [3.63, 3.8) is 0 Å². The molecule has 0 amide bonds. The van der Waals surface area contributed by atoms with Crippen LogP contribution in [0.2, 0.25) is 0 Å². The Morgan fingerprint density at radius 3 is 2.16 bits per heavy atom. The second-order valence-corrected chi connectivity index (χ2v) is 16.2. The van der Waals surface area contributed by atoms with Crippen molar-refractivity contribution in [2.24, 2.45) is 4.99 Å². The predicted octanol–water partition coefficient (Wildman–Crippen LogP) is 7.33. The second kappa shape index (κ2) is 24.9. The minimum Gasteiger partial charge on any atom is -0.387 e. The van der Waals surface area contributed by atoms with Gasteiger partial charge in [-0.15, -0.1) is 0 Å². The zero-order chi connectivity index (χ0) is 40.1. The fraction of sp³-hybridized carbons (Fsp3) is 0.683. The average molecular weight is 804 g/mol. The molecule has 1 aliphatic heterocycles. The zero-order valence-electron chi connectivity index (χ0n) is 33.5. The van der Waals surface area contributed by atoms with Crippen LogP contribution in [0.3, 0.4) is 0 Å². The highest BCUT2D eigenvalue weighted by Gasteiger charge is 2.56. The Kier molecular flexibility index (Phi) is 20.4. The van der Waals surface area contributed by atoms with Crippen molar-refractivity contribution in [2.45, 2.75) is 146 Å². The Labute approximate surface area is 332 Å². The average Bonchev–Trinajstić information content (AvgIpc) is 3.74. The van der Waals surface area contributed by atoms with Crippen LogP contribution in [-0.2, 0) is 40.0 Å². The van der Waals surface area contributed by atoms with Crippen LogP contribution in [0.1, 0.15) is 121 Å². The summed E-state index contributed by atoms with van der Waals surface area (Å²) >= 11 is 0. The lowest BCUT2D eigenvalue weighted by molar-refractivity contribution is -0.0626. The third-order valence-electron chi connectivity index (χ3n) is 10.3. The van der Waals surface area contributed by atoms with E-state index in [1.807, 2.05) is 30.3 Å². The Bertz CT molecular complexity index is 1600. The normalized spacial score (nSPS) is 21.6. The molecule has 314 valence electrons. The molecule has 0 bridgehead atoms. The third-order valence-corrected chi connectivity index (χ3v) is 11.2. The molecule has 0 radical (unpaired) electrons. The number of rotatable bonds is 30. The first-order chi connectivity index (χ1) is 27.2. The van der Waals surface area contributed by atoms with Gasteiger partial charge in [-0.3, -0.25) is 14.0 Å². The number of aliphatic hydroxyl groups excluding tert-OH is 2. The summed E-state index contributed by atoms with van der Waals surface area (Å²) in [6.45, 7) is 2.40. The quantitative estimate of drug-likeness (QED) is 0.0299. The Morgan fingerprint density at radius 1 is 0.911 bits per heavy atom. The number of ether oxygens (including phenoxy) is 3. The Balaban J connectivity index is 1.17. The summed E-state index contributed by atoms with van der Waals surface area (Å²) in [4.78, 5) is 18.7. The van der Waals surface area contributed by atoms with Crippen LogP contribution in [0, 0.1) is 0 Å². The molecular formula is C41H66N5O9P. The summed E-state index contributed by atoms with van der Waals surface area (Å²) in [5, 5.41) is 26.4. The van der Waals surface area contributed by atoms with Gasteiger partial charge in [0.15, 0.2) is 11.4 Å². The summed E-state index contributed by atoms with van der Waals surface area (Å²) in [6.07, 6.45) is 18.4. The molecule has 0 spiro atoms. The summed E-state index contributed by atoms with van der Waals surface area (Å²) < 4.78 is 43.2. The van der Waals surface area contributed by atoms with E-state index in [1.54, 1.807) is 12.1 Å². The highest BCUT2D eigenvalue weighted by molar-refractivity contribution is 7.47. The van der Waals surface area contributed by atoms with Crippen LogP contribution in [-0.4, -0.2) is 93.8 Å². The van der Waals surface area contributed by atoms with Crippen molar-refractivity contribution < 1.29 is 42.9 Å². The van der Waals surface area contributed by atoms with Gasteiger partial charge < -0.3 is 35.1 Å². The van der Waals surface area contributed by atoms with Crippen LogP contribution in [0.25, 0.3) is 5.52 Å². The molecule has 1 unspecified atom stereocenters. The maximum atomic E-state index is 13.1. The first kappa shape index (κ1) is 45.9. The number of hydrogen-bond acceptors (Lipinski definition) is 12. The molecule has 14 nitrogen and oxygen atoms in total. The molecule has 5 N–H and O–H groups in total. The fourth-order valence-electron chi connectivity index (χ4n) is 7.09. The molecule has 1 fully saturated rings. The largest absolute Gasteiger partial charge is 0.472 e. The lowest BCUT2D eigenvalue weighted by Gasteiger charge is -2.27. The number of unbranched alkanes of at least 4 members (excludes halogenated alkanes) is 15. The molecule has 3 aromatic rings. The van der Waals surface area contributed by atoms with Gasteiger partial charge >= 0.3 is 7.82 Å². The van der Waals surface area contributed by atoms with E-state index >= 15 is 0 Å². The topological polar surface area (TPSA) is 192 Å². The maximum absolute atomic E-state index is 13.1. The molecular weight excluding hydrogens is 737 g/mol. The van der Waals surface area contributed by atoms with Gasteiger partial charge in [-0.05, 0) is 24.1 Å². The van der Waals surface area contributed by atoms with Gasteiger partial charge in [0, 0.05) is 19.9 Å². The van der Waals surface area contributed by atoms with Crippen molar-refractivity contribution in [1.82, 2.24) is 14.6 Å². The van der Waals surface area contributed by atoms with E-state index in [4.69, 9.17) is 29.0 Å². The van der Waals surface area contributed by atoms with E-state index in [0.29, 0.717) is 17.8 Å². The van der Waals surface area contributed by atoms with Crippen molar-refractivity contribution in [2.75, 3.05) is 39.2 Å². The van der Waals surface area contributed by atoms with Gasteiger partial charge in [0.2, 0.25) is 0 Å². The lowest BCUT2D eigenvalue weighted by Crippen LogP contribution is -2.43. The monoisotopic (exact) mass is 803 g/mol. The van der Waals surface area contributed by atoms with Gasteiger partial charge in [0.25, 0.3) is 0 Å². The van der Waals surface area contributed by atoms with Crippen LogP contribution in [0.4, 0.5) is 5.82 Å². The van der Waals surface area contributed by atoms with Crippen molar-refractivity contribution >= 4 is 25.4 Å². The first-order valence-electron chi connectivity index (χ1n) is 20.6. The van der Waals surface area contributed by atoms with Crippen LogP contribution >= 0.6 is 7.82 Å². The highest BCUT2D eigenvalue weighted by atomic mass is 31.2. The van der Waals surface area contributed by atoms with Crippen molar-refractivity contribution in [1.29, 1.82) is 0 Å². The summed E-state index contributed by atoms with van der Waals surface area (Å²) in [5.41, 5.74) is 6.04. The van der Waals surface area contributed by atoms with Gasteiger partial charge in [0.1, 0.15) is 36.3 Å². The molecule has 56 heavy (non-hydrogen) atoms. The number of phosphoric ester groups is 1. The summed E-state index contributed by atoms with van der Waals surface area (Å²) in [6, 6.07) is 12.9. The molecule has 2 aromatic heterocycles. The van der Waals surface area contributed by atoms with Crippen LogP contribution < -0.4 is 5.73 Å². The number of fused-ring (bicyclic) bond motifs is 1. The molecule has 1 aromatic carbocycles.